The first-order valence-corrected chi connectivity index (χ1v) is 9.71. The first-order chi connectivity index (χ1) is 14.7. The monoisotopic (exact) mass is 409 g/mol. The minimum absolute atomic E-state index is 0.233. The van der Waals surface area contributed by atoms with Crippen molar-refractivity contribution >= 4 is 11.0 Å². The van der Waals surface area contributed by atoms with Crippen LogP contribution in [0.2, 0.25) is 0 Å². The molecule has 1 unspecified atom stereocenters. The molecular weight excluding hydrogens is 386 g/mol. The van der Waals surface area contributed by atoms with E-state index in [9.17, 15) is 5.11 Å². The summed E-state index contributed by atoms with van der Waals surface area (Å²) in [5.74, 6) is 2.93. The van der Waals surface area contributed by atoms with Gasteiger partial charge in [-0.1, -0.05) is 23.4 Å². The van der Waals surface area contributed by atoms with Crippen molar-refractivity contribution in [1.29, 1.82) is 0 Å². The van der Waals surface area contributed by atoms with Crippen LogP contribution < -0.4 is 14.8 Å². The summed E-state index contributed by atoms with van der Waals surface area (Å²) in [5, 5.41) is 17.9. The van der Waals surface area contributed by atoms with Gasteiger partial charge in [-0.2, -0.15) is 4.98 Å². The molecular formula is C22H23N3O5. The van der Waals surface area contributed by atoms with Crippen molar-refractivity contribution < 1.29 is 23.5 Å². The maximum atomic E-state index is 9.99. The van der Waals surface area contributed by atoms with Crippen LogP contribution in [0.4, 0.5) is 0 Å². The van der Waals surface area contributed by atoms with Crippen LogP contribution in [0.1, 0.15) is 5.89 Å². The van der Waals surface area contributed by atoms with Crippen LogP contribution in [0.5, 0.6) is 11.5 Å². The number of ether oxygens (including phenoxy) is 2. The number of para-hydroxylation sites is 1. The second-order valence-corrected chi connectivity index (χ2v) is 6.78. The molecule has 30 heavy (non-hydrogen) atoms. The molecule has 2 N–H and O–H groups in total. The predicted molar refractivity (Wildman–Crippen MR) is 111 cm³/mol. The lowest BCUT2D eigenvalue weighted by Gasteiger charge is -2.13. The van der Waals surface area contributed by atoms with Crippen LogP contribution in [0, 0.1) is 6.92 Å². The number of rotatable bonds is 10. The van der Waals surface area contributed by atoms with E-state index < -0.39 is 6.10 Å². The van der Waals surface area contributed by atoms with Crippen molar-refractivity contribution in [3.05, 3.63) is 60.5 Å². The summed E-state index contributed by atoms with van der Waals surface area (Å²) in [5.41, 5.74) is 0.722. The van der Waals surface area contributed by atoms with E-state index in [1.165, 1.54) is 0 Å². The molecule has 2 aromatic heterocycles. The molecule has 4 aromatic rings. The predicted octanol–water partition coefficient (Wildman–Crippen LogP) is 3.20. The van der Waals surface area contributed by atoms with Gasteiger partial charge in [-0.25, -0.2) is 0 Å². The fraction of sp³-hybridized carbons (Fsp3) is 0.273. The van der Waals surface area contributed by atoms with E-state index in [1.54, 1.807) is 6.92 Å². The van der Waals surface area contributed by atoms with Gasteiger partial charge in [0, 0.05) is 25.4 Å². The quantitative estimate of drug-likeness (QED) is 0.385. The Bertz CT molecular complexity index is 1080. The Kier molecular flexibility index (Phi) is 6.26. The van der Waals surface area contributed by atoms with Crippen LogP contribution in [0.15, 0.2) is 63.5 Å². The van der Waals surface area contributed by atoms with Crippen LogP contribution in [-0.4, -0.2) is 47.7 Å². The van der Waals surface area contributed by atoms with Gasteiger partial charge in [0.05, 0.1) is 0 Å². The molecule has 8 nitrogen and oxygen atoms in total. The number of nitrogens with one attached hydrogen (secondary N) is 1. The molecule has 8 heteroatoms. The number of aliphatic hydroxyl groups is 1. The average molecular weight is 409 g/mol. The molecule has 2 aromatic carbocycles. The van der Waals surface area contributed by atoms with Gasteiger partial charge >= 0.3 is 0 Å². The number of fused-ring (bicyclic) bond motifs is 1. The lowest BCUT2D eigenvalue weighted by molar-refractivity contribution is 0.105. The van der Waals surface area contributed by atoms with Crippen LogP contribution in [0.3, 0.4) is 0 Å². The van der Waals surface area contributed by atoms with Gasteiger partial charge in [0.15, 0.2) is 5.76 Å². The molecule has 4 rings (SSSR count). The van der Waals surface area contributed by atoms with Crippen molar-refractivity contribution in [1.82, 2.24) is 15.5 Å². The fourth-order valence-corrected chi connectivity index (χ4v) is 2.90. The number of benzene rings is 2. The molecule has 156 valence electrons. The molecule has 0 bridgehead atoms. The first kappa shape index (κ1) is 19.9. The third-order valence-corrected chi connectivity index (χ3v) is 4.35. The Morgan fingerprint density at radius 3 is 2.73 bits per heavy atom. The van der Waals surface area contributed by atoms with E-state index in [0.29, 0.717) is 37.2 Å². The smallest absolute Gasteiger partial charge is 0.238 e. The molecule has 0 aliphatic carbocycles. The van der Waals surface area contributed by atoms with E-state index in [2.05, 4.69) is 15.5 Å². The molecule has 0 saturated heterocycles. The van der Waals surface area contributed by atoms with Gasteiger partial charge in [0.2, 0.25) is 11.7 Å². The molecule has 2 heterocycles. The molecule has 0 aliphatic rings. The highest BCUT2D eigenvalue weighted by molar-refractivity contribution is 5.83. The van der Waals surface area contributed by atoms with Crippen molar-refractivity contribution in [2.24, 2.45) is 0 Å². The lowest BCUT2D eigenvalue weighted by Crippen LogP contribution is -2.33. The Hall–Kier alpha value is -3.36. The standard InChI is InChI=1S/C22H23N3O5/c1-15-24-22(25-30-15)21-12-16-11-19(7-8-20(16)29-21)27-10-9-23-13-17(26)14-28-18-5-3-2-4-6-18/h2-8,11-12,17,23,26H,9-10,13-14H2,1H3. The highest BCUT2D eigenvalue weighted by atomic mass is 16.5. The van der Waals surface area contributed by atoms with Crippen LogP contribution in [-0.2, 0) is 0 Å². The molecule has 1 atom stereocenters. The number of nitrogens with zero attached hydrogens (tertiary/aromatic N) is 2. The largest absolute Gasteiger partial charge is 0.492 e. The van der Waals surface area contributed by atoms with Gasteiger partial charge in [-0.05, 0) is 36.4 Å². The molecule has 0 saturated carbocycles. The Labute approximate surface area is 173 Å². The van der Waals surface area contributed by atoms with Crippen molar-refractivity contribution in [2.75, 3.05) is 26.3 Å². The summed E-state index contributed by atoms with van der Waals surface area (Å²) in [6, 6.07) is 16.9. The Morgan fingerprint density at radius 1 is 1.07 bits per heavy atom. The number of furan rings is 1. The fourth-order valence-electron chi connectivity index (χ4n) is 2.90. The minimum Gasteiger partial charge on any atom is -0.492 e. The van der Waals surface area contributed by atoms with Crippen molar-refractivity contribution in [2.45, 2.75) is 13.0 Å². The number of hydrogen-bond donors (Lipinski definition) is 2. The topological polar surface area (TPSA) is 103 Å². The van der Waals surface area contributed by atoms with Gasteiger partial charge in [0.1, 0.15) is 36.4 Å². The summed E-state index contributed by atoms with van der Waals surface area (Å²) < 4.78 is 22.0. The molecule has 0 aliphatic heterocycles. The summed E-state index contributed by atoms with van der Waals surface area (Å²) in [6.07, 6.45) is -0.598. The van der Waals surface area contributed by atoms with Crippen LogP contribution >= 0.6 is 0 Å². The average Bonchev–Trinajstić information content (AvgIpc) is 3.38. The zero-order chi connectivity index (χ0) is 20.8. The zero-order valence-electron chi connectivity index (χ0n) is 16.6. The third kappa shape index (κ3) is 5.16. The minimum atomic E-state index is -0.598. The molecule has 0 amide bonds. The van der Waals surface area contributed by atoms with E-state index >= 15 is 0 Å². The van der Waals surface area contributed by atoms with Gasteiger partial charge in [0.25, 0.3) is 0 Å². The zero-order valence-corrected chi connectivity index (χ0v) is 16.6. The second kappa shape index (κ2) is 9.43. The molecule has 0 radical (unpaired) electrons. The molecule has 0 spiro atoms. The number of aliphatic hydroxyl groups excluding tert-OH is 1. The van der Waals surface area contributed by atoms with E-state index in [4.69, 9.17) is 18.4 Å². The SMILES string of the molecule is Cc1nc(-c2cc3cc(OCCNCC(O)COc4ccccc4)ccc3o2)no1. The first-order valence-electron chi connectivity index (χ1n) is 9.71. The highest BCUT2D eigenvalue weighted by Crippen LogP contribution is 2.28. The van der Waals surface area contributed by atoms with E-state index in [-0.39, 0.29) is 6.61 Å². The lowest BCUT2D eigenvalue weighted by atomic mass is 10.2. The van der Waals surface area contributed by atoms with Crippen molar-refractivity contribution in [3.8, 4) is 23.1 Å². The second-order valence-electron chi connectivity index (χ2n) is 6.78. The number of aromatic nitrogens is 2. The number of hydrogen-bond acceptors (Lipinski definition) is 8. The van der Waals surface area contributed by atoms with Crippen molar-refractivity contribution in [3.63, 3.8) is 0 Å². The van der Waals surface area contributed by atoms with Gasteiger partial charge < -0.3 is 28.8 Å². The maximum absolute atomic E-state index is 9.99. The number of aryl methyl sites for hydroxylation is 1. The van der Waals surface area contributed by atoms with Gasteiger partial charge in [-0.3, -0.25) is 0 Å². The van der Waals surface area contributed by atoms with E-state index in [0.717, 1.165) is 22.5 Å². The summed E-state index contributed by atoms with van der Waals surface area (Å²) in [4.78, 5) is 4.17. The Balaban J connectivity index is 1.20. The normalized spacial score (nSPS) is 12.2. The summed E-state index contributed by atoms with van der Waals surface area (Å²) in [7, 11) is 0. The highest BCUT2D eigenvalue weighted by Gasteiger charge is 2.12. The summed E-state index contributed by atoms with van der Waals surface area (Å²) >= 11 is 0. The third-order valence-electron chi connectivity index (χ3n) is 4.35. The summed E-state index contributed by atoms with van der Waals surface area (Å²) in [6.45, 7) is 3.45. The maximum Gasteiger partial charge on any atom is 0.238 e. The Morgan fingerprint density at radius 2 is 1.93 bits per heavy atom. The molecule has 0 fully saturated rings. The van der Waals surface area contributed by atoms with E-state index in [1.807, 2.05) is 54.6 Å². The van der Waals surface area contributed by atoms with Gasteiger partial charge in [-0.15, -0.1) is 0 Å². The van der Waals surface area contributed by atoms with Crippen LogP contribution in [0.25, 0.3) is 22.6 Å².